The van der Waals surface area contributed by atoms with Crippen molar-refractivity contribution in [3.8, 4) is 11.3 Å². The minimum Gasteiger partial charge on any atom is -0.467 e. The summed E-state index contributed by atoms with van der Waals surface area (Å²) in [6.45, 7) is 2.41. The van der Waals surface area contributed by atoms with E-state index in [0.29, 0.717) is 17.9 Å². The highest BCUT2D eigenvalue weighted by Crippen LogP contribution is 2.27. The lowest BCUT2D eigenvalue weighted by molar-refractivity contribution is 0.0943. The Kier molecular flexibility index (Phi) is 6.45. The van der Waals surface area contributed by atoms with Crippen LogP contribution in [-0.4, -0.2) is 36.2 Å². The van der Waals surface area contributed by atoms with Crippen LogP contribution in [0, 0.1) is 0 Å². The zero-order chi connectivity index (χ0) is 25.9. The third kappa shape index (κ3) is 4.81. The van der Waals surface area contributed by atoms with Crippen LogP contribution in [0.3, 0.4) is 0 Å². The minimum atomic E-state index is -2.85. The fraction of sp³-hybridized carbons (Fsp3) is 0.160. The first kappa shape index (κ1) is 23.9. The number of hydrogen-bond donors (Lipinski definition) is 2. The van der Waals surface area contributed by atoms with Gasteiger partial charge in [0.1, 0.15) is 17.0 Å². The van der Waals surface area contributed by atoms with Crippen molar-refractivity contribution >= 4 is 23.1 Å². The van der Waals surface area contributed by atoms with Crippen LogP contribution in [0.5, 0.6) is 0 Å². The maximum absolute atomic E-state index is 13.9. The number of carbonyl (C=O) groups is 2. The predicted molar refractivity (Wildman–Crippen MR) is 129 cm³/mol. The molecule has 2 N–H and O–H groups in total. The topological polar surface area (TPSA) is 119 Å². The number of hydrogen-bond acceptors (Lipinski definition) is 6. The summed E-state index contributed by atoms with van der Waals surface area (Å²) in [5, 5.41) is 13.6. The van der Waals surface area contributed by atoms with Gasteiger partial charge in [-0.05, 0) is 25.1 Å². The highest BCUT2D eigenvalue weighted by atomic mass is 19.3. The molecule has 0 saturated carbocycles. The molecule has 0 saturated heterocycles. The first-order valence-corrected chi connectivity index (χ1v) is 11.4. The Balaban J connectivity index is 1.47. The second-order valence-electron chi connectivity index (χ2n) is 7.99. The molecule has 0 spiro atoms. The van der Waals surface area contributed by atoms with Gasteiger partial charge in [-0.25, -0.2) is 18.3 Å². The van der Waals surface area contributed by atoms with Crippen LogP contribution >= 0.6 is 0 Å². The summed E-state index contributed by atoms with van der Waals surface area (Å²) in [4.78, 5) is 30.5. The van der Waals surface area contributed by atoms with Gasteiger partial charge in [0.25, 0.3) is 18.2 Å². The molecular weight excluding hydrogens is 484 g/mol. The smallest absolute Gasteiger partial charge is 0.280 e. The summed E-state index contributed by atoms with van der Waals surface area (Å²) < 4.78 is 35.4. The molecule has 12 heteroatoms. The number of halogens is 2. The van der Waals surface area contributed by atoms with E-state index in [1.165, 1.54) is 29.4 Å². The van der Waals surface area contributed by atoms with Crippen molar-refractivity contribution in [2.75, 3.05) is 5.32 Å². The molecule has 0 radical (unpaired) electrons. The SMILES string of the molecule is CCn1cc(NC(=O)c2cnn3c(C(F)F)cc(-c4ccccc4)nc23)c(C(=O)NCc2ccco2)n1. The molecule has 4 aromatic heterocycles. The first-order chi connectivity index (χ1) is 17.9. The van der Waals surface area contributed by atoms with Crippen LogP contribution in [0.2, 0.25) is 0 Å². The van der Waals surface area contributed by atoms with E-state index in [0.717, 1.165) is 4.52 Å². The van der Waals surface area contributed by atoms with Gasteiger partial charge in [0.05, 0.1) is 30.4 Å². The largest absolute Gasteiger partial charge is 0.467 e. The molecule has 0 aliphatic heterocycles. The second kappa shape index (κ2) is 10.0. The van der Waals surface area contributed by atoms with Crippen LogP contribution in [-0.2, 0) is 13.1 Å². The molecular formula is C25H21F2N7O3. The van der Waals surface area contributed by atoms with Crippen LogP contribution in [0.25, 0.3) is 16.9 Å². The fourth-order valence-corrected chi connectivity index (χ4v) is 3.75. The average Bonchev–Trinajstić information content (AvgIpc) is 3.67. The Labute approximate surface area is 208 Å². The number of anilines is 1. The zero-order valence-corrected chi connectivity index (χ0v) is 19.6. The summed E-state index contributed by atoms with van der Waals surface area (Å²) >= 11 is 0. The maximum Gasteiger partial charge on any atom is 0.280 e. The maximum atomic E-state index is 13.9. The van der Waals surface area contributed by atoms with E-state index in [2.05, 4.69) is 25.8 Å². The van der Waals surface area contributed by atoms with Gasteiger partial charge in [-0.15, -0.1) is 0 Å². The number of carbonyl (C=O) groups excluding carboxylic acids is 2. The molecule has 0 atom stereocenters. The normalized spacial score (nSPS) is 11.2. The van der Waals surface area contributed by atoms with Gasteiger partial charge in [0.2, 0.25) is 0 Å². The van der Waals surface area contributed by atoms with Gasteiger partial charge in [-0.1, -0.05) is 30.3 Å². The molecule has 4 heterocycles. The number of benzene rings is 1. The van der Waals surface area contributed by atoms with Gasteiger partial charge < -0.3 is 15.1 Å². The van der Waals surface area contributed by atoms with Crippen molar-refractivity contribution in [1.29, 1.82) is 0 Å². The van der Waals surface area contributed by atoms with Gasteiger partial charge >= 0.3 is 0 Å². The van der Waals surface area contributed by atoms with Crippen LogP contribution in [0.1, 0.15) is 45.6 Å². The molecule has 1 aromatic carbocycles. The highest BCUT2D eigenvalue weighted by molar-refractivity contribution is 6.11. The molecule has 0 bridgehead atoms. The molecule has 188 valence electrons. The van der Waals surface area contributed by atoms with Gasteiger partial charge in [0.15, 0.2) is 11.3 Å². The van der Waals surface area contributed by atoms with Crippen molar-refractivity contribution in [3.05, 3.63) is 89.9 Å². The Hall–Kier alpha value is -4.87. The van der Waals surface area contributed by atoms with E-state index in [1.54, 1.807) is 42.5 Å². The Morgan fingerprint density at radius 1 is 1.11 bits per heavy atom. The molecule has 0 unspecified atom stereocenters. The van der Waals surface area contributed by atoms with Crippen molar-refractivity contribution < 1.29 is 22.8 Å². The Morgan fingerprint density at radius 3 is 2.62 bits per heavy atom. The number of nitrogens with one attached hydrogen (secondary N) is 2. The lowest BCUT2D eigenvalue weighted by Gasteiger charge is -2.09. The number of aryl methyl sites for hydroxylation is 1. The lowest BCUT2D eigenvalue weighted by atomic mass is 10.1. The molecule has 37 heavy (non-hydrogen) atoms. The third-order valence-electron chi connectivity index (χ3n) is 5.59. The number of fused-ring (bicyclic) bond motifs is 1. The number of rotatable bonds is 8. The minimum absolute atomic E-state index is 0.00978. The molecule has 0 aliphatic carbocycles. The van der Waals surface area contributed by atoms with Crippen LogP contribution in [0.4, 0.5) is 14.5 Å². The van der Waals surface area contributed by atoms with Crippen LogP contribution in [0.15, 0.2) is 71.6 Å². The van der Waals surface area contributed by atoms with Crippen molar-refractivity contribution in [2.24, 2.45) is 0 Å². The second-order valence-corrected chi connectivity index (χ2v) is 7.99. The van der Waals surface area contributed by atoms with E-state index < -0.39 is 23.9 Å². The molecule has 2 amide bonds. The molecule has 0 fully saturated rings. The van der Waals surface area contributed by atoms with Crippen molar-refractivity contribution in [2.45, 2.75) is 26.4 Å². The highest BCUT2D eigenvalue weighted by Gasteiger charge is 2.24. The Bertz CT molecular complexity index is 1560. The molecule has 5 aromatic rings. The van der Waals surface area contributed by atoms with E-state index in [9.17, 15) is 18.4 Å². The van der Waals surface area contributed by atoms with E-state index in [4.69, 9.17) is 4.42 Å². The third-order valence-corrected chi connectivity index (χ3v) is 5.59. The van der Waals surface area contributed by atoms with E-state index >= 15 is 0 Å². The molecule has 0 aliphatic rings. The standard InChI is InChI=1S/C25H21F2N7O3/c1-2-33-14-19(21(32-33)25(36)28-12-16-9-6-10-37-16)31-24(35)17-13-29-34-20(22(26)27)11-18(30-23(17)34)15-7-4-3-5-8-15/h3-11,13-14,22H,2,12H2,1H3,(H,28,36)(H,31,35). The molecule has 10 nitrogen and oxygen atoms in total. The zero-order valence-electron chi connectivity index (χ0n) is 19.6. The monoisotopic (exact) mass is 505 g/mol. The summed E-state index contributed by atoms with van der Waals surface area (Å²) in [6.07, 6.45) is 1.32. The number of furan rings is 1. The van der Waals surface area contributed by atoms with Crippen molar-refractivity contribution in [1.82, 2.24) is 29.7 Å². The first-order valence-electron chi connectivity index (χ1n) is 11.4. The van der Waals surface area contributed by atoms with E-state index in [1.807, 2.05) is 6.92 Å². The molecule has 5 rings (SSSR count). The summed E-state index contributed by atoms with van der Waals surface area (Å²) in [6, 6.07) is 13.4. The van der Waals surface area contributed by atoms with Gasteiger partial charge in [0, 0.05) is 18.3 Å². The van der Waals surface area contributed by atoms with Crippen molar-refractivity contribution in [3.63, 3.8) is 0 Å². The summed E-state index contributed by atoms with van der Waals surface area (Å²) in [7, 11) is 0. The number of amides is 2. The average molecular weight is 505 g/mol. The van der Waals surface area contributed by atoms with Gasteiger partial charge in [-0.3, -0.25) is 14.3 Å². The number of nitrogens with zero attached hydrogens (tertiary/aromatic N) is 5. The summed E-state index contributed by atoms with van der Waals surface area (Å²) in [5.74, 6) is -0.651. The van der Waals surface area contributed by atoms with E-state index in [-0.39, 0.29) is 34.8 Å². The number of aromatic nitrogens is 5. The fourth-order valence-electron chi connectivity index (χ4n) is 3.75. The number of alkyl halides is 2. The van der Waals surface area contributed by atoms with Crippen LogP contribution < -0.4 is 10.6 Å². The predicted octanol–water partition coefficient (Wildman–Crippen LogP) is 4.33. The lowest BCUT2D eigenvalue weighted by Crippen LogP contribution is -2.25. The Morgan fingerprint density at radius 2 is 1.92 bits per heavy atom. The quantitative estimate of drug-likeness (QED) is 0.324. The van der Waals surface area contributed by atoms with Gasteiger partial charge in [-0.2, -0.15) is 10.2 Å². The summed E-state index contributed by atoms with van der Waals surface area (Å²) in [5.41, 5.74) is 0.543.